The van der Waals surface area contributed by atoms with Gasteiger partial charge in [0.15, 0.2) is 5.82 Å². The highest BCUT2D eigenvalue weighted by atomic mass is 32.2. The van der Waals surface area contributed by atoms with E-state index in [-0.39, 0.29) is 6.04 Å². The summed E-state index contributed by atoms with van der Waals surface area (Å²) in [5.41, 5.74) is 7.04. The second kappa shape index (κ2) is 5.98. The molecule has 19 heavy (non-hydrogen) atoms. The van der Waals surface area contributed by atoms with Crippen LogP contribution in [-0.2, 0) is 6.42 Å². The van der Waals surface area contributed by atoms with Crippen LogP contribution in [0.5, 0.6) is 0 Å². The zero-order valence-corrected chi connectivity index (χ0v) is 11.9. The Morgan fingerprint density at radius 3 is 3.21 bits per heavy atom. The molecule has 6 nitrogen and oxygen atoms in total. The van der Waals surface area contributed by atoms with E-state index in [1.165, 1.54) is 5.75 Å². The molecule has 102 valence electrons. The van der Waals surface area contributed by atoms with E-state index >= 15 is 0 Å². The lowest BCUT2D eigenvalue weighted by molar-refractivity contribution is 0.349. The maximum Gasteiger partial charge on any atom is 0.243 e. The van der Waals surface area contributed by atoms with Gasteiger partial charge in [-0.2, -0.15) is 16.7 Å². The lowest BCUT2D eigenvalue weighted by atomic mass is 10.2. The Kier molecular flexibility index (Phi) is 4.09. The molecule has 8 heteroatoms. The Hall–Kier alpha value is -0.990. The molecule has 1 aliphatic rings. The van der Waals surface area contributed by atoms with E-state index in [2.05, 4.69) is 20.1 Å². The van der Waals surface area contributed by atoms with E-state index < -0.39 is 0 Å². The van der Waals surface area contributed by atoms with Gasteiger partial charge in [0, 0.05) is 35.6 Å². The third-order valence-electron chi connectivity index (χ3n) is 2.87. The van der Waals surface area contributed by atoms with Gasteiger partial charge in [-0.1, -0.05) is 5.16 Å². The van der Waals surface area contributed by atoms with Crippen molar-refractivity contribution in [2.45, 2.75) is 17.7 Å². The fourth-order valence-corrected chi connectivity index (χ4v) is 4.48. The van der Waals surface area contributed by atoms with Gasteiger partial charge < -0.3 is 15.2 Å². The van der Waals surface area contributed by atoms with Crippen molar-refractivity contribution in [3.05, 3.63) is 29.9 Å². The lowest BCUT2D eigenvalue weighted by Gasteiger charge is -2.17. The molecule has 1 unspecified atom stereocenters. The van der Waals surface area contributed by atoms with E-state index in [4.69, 9.17) is 10.3 Å². The van der Waals surface area contributed by atoms with Gasteiger partial charge in [0.05, 0.1) is 17.6 Å². The normalized spacial score (nSPS) is 21.4. The van der Waals surface area contributed by atoms with Crippen molar-refractivity contribution in [3.63, 3.8) is 0 Å². The summed E-state index contributed by atoms with van der Waals surface area (Å²) in [6.45, 7) is 0. The predicted octanol–water partition coefficient (Wildman–Crippen LogP) is 1.56. The summed E-state index contributed by atoms with van der Waals surface area (Å²) in [7, 11) is 0. The zero-order valence-electron chi connectivity index (χ0n) is 10.3. The molecule has 2 aromatic rings. The largest absolute Gasteiger partial charge is 0.348 e. The van der Waals surface area contributed by atoms with Gasteiger partial charge in [0.1, 0.15) is 0 Å². The van der Waals surface area contributed by atoms with Crippen molar-refractivity contribution in [1.82, 2.24) is 20.1 Å². The summed E-state index contributed by atoms with van der Waals surface area (Å²) in [5, 5.41) is 4.39. The SMILES string of the molecule is N[C@@H](Cc1cnc[nH]1)c1nc(C2CSCCS2)no1. The number of thioether (sulfide) groups is 2. The number of rotatable bonds is 4. The number of aromatic amines is 1. The highest BCUT2D eigenvalue weighted by Crippen LogP contribution is 2.35. The molecule has 0 amide bonds. The number of aromatic nitrogens is 4. The molecule has 3 heterocycles. The highest BCUT2D eigenvalue weighted by molar-refractivity contribution is 8.06. The Labute approximate surface area is 119 Å². The third kappa shape index (κ3) is 3.13. The van der Waals surface area contributed by atoms with E-state index in [0.29, 0.717) is 17.6 Å². The Morgan fingerprint density at radius 2 is 2.47 bits per heavy atom. The van der Waals surface area contributed by atoms with E-state index in [1.807, 2.05) is 23.5 Å². The molecular weight excluding hydrogens is 282 g/mol. The van der Waals surface area contributed by atoms with E-state index in [1.54, 1.807) is 12.5 Å². The summed E-state index contributed by atoms with van der Waals surface area (Å²) in [4.78, 5) is 11.4. The average molecular weight is 297 g/mol. The van der Waals surface area contributed by atoms with Crippen LogP contribution >= 0.6 is 23.5 Å². The molecule has 0 spiro atoms. The Balaban J connectivity index is 1.66. The fraction of sp³-hybridized carbons (Fsp3) is 0.545. The van der Waals surface area contributed by atoms with Crippen molar-refractivity contribution in [3.8, 4) is 0 Å². The first-order valence-electron chi connectivity index (χ1n) is 6.08. The van der Waals surface area contributed by atoms with Crippen LogP contribution < -0.4 is 5.73 Å². The summed E-state index contributed by atoms with van der Waals surface area (Å²) >= 11 is 3.82. The van der Waals surface area contributed by atoms with Gasteiger partial charge in [0.2, 0.25) is 5.89 Å². The molecule has 3 N–H and O–H groups in total. The second-order valence-corrected chi connectivity index (χ2v) is 6.77. The van der Waals surface area contributed by atoms with Gasteiger partial charge in [-0.3, -0.25) is 0 Å². The van der Waals surface area contributed by atoms with Gasteiger partial charge in [-0.05, 0) is 0 Å². The van der Waals surface area contributed by atoms with Crippen LogP contribution in [0.2, 0.25) is 0 Å². The molecule has 1 aliphatic heterocycles. The summed E-state index contributed by atoms with van der Waals surface area (Å²) in [6.07, 6.45) is 4.01. The highest BCUT2D eigenvalue weighted by Gasteiger charge is 2.23. The lowest BCUT2D eigenvalue weighted by Crippen LogP contribution is -2.14. The van der Waals surface area contributed by atoms with Crippen molar-refractivity contribution in [2.75, 3.05) is 17.3 Å². The first-order chi connectivity index (χ1) is 9.33. The number of nitrogens with zero attached hydrogens (tertiary/aromatic N) is 3. The van der Waals surface area contributed by atoms with Crippen molar-refractivity contribution < 1.29 is 4.52 Å². The van der Waals surface area contributed by atoms with Gasteiger partial charge in [-0.25, -0.2) is 4.98 Å². The minimum absolute atomic E-state index is 0.289. The minimum Gasteiger partial charge on any atom is -0.348 e. The molecule has 0 aromatic carbocycles. The minimum atomic E-state index is -0.289. The number of nitrogens with two attached hydrogens (primary N) is 1. The standard InChI is InChI=1S/C11H15N5OS2/c12-8(3-7-4-13-6-14-7)11-15-10(16-17-11)9-5-18-1-2-19-9/h4,6,8-9H,1-3,5,12H2,(H,13,14)/t8-,9?/m0/s1. The van der Waals surface area contributed by atoms with E-state index in [0.717, 1.165) is 23.0 Å². The summed E-state index contributed by atoms with van der Waals surface area (Å²) < 4.78 is 5.29. The molecule has 2 aromatic heterocycles. The van der Waals surface area contributed by atoms with Gasteiger partial charge in [0.25, 0.3) is 0 Å². The molecule has 0 saturated carbocycles. The maximum absolute atomic E-state index is 6.07. The molecule has 1 saturated heterocycles. The number of hydrogen-bond donors (Lipinski definition) is 2. The predicted molar refractivity (Wildman–Crippen MR) is 76.0 cm³/mol. The molecular formula is C11H15N5OS2. The monoisotopic (exact) mass is 297 g/mol. The number of hydrogen-bond acceptors (Lipinski definition) is 7. The van der Waals surface area contributed by atoms with Gasteiger partial charge in [-0.15, -0.1) is 11.8 Å². The molecule has 0 bridgehead atoms. The van der Waals surface area contributed by atoms with Crippen LogP contribution in [-0.4, -0.2) is 37.4 Å². The van der Waals surface area contributed by atoms with Crippen molar-refractivity contribution >= 4 is 23.5 Å². The summed E-state index contributed by atoms with van der Waals surface area (Å²) in [5.74, 6) is 4.65. The molecule has 3 rings (SSSR count). The quantitative estimate of drug-likeness (QED) is 0.884. The molecule has 0 aliphatic carbocycles. The third-order valence-corrected chi connectivity index (χ3v) is 5.62. The first kappa shape index (κ1) is 13.0. The molecule has 0 radical (unpaired) electrons. The Morgan fingerprint density at radius 1 is 1.53 bits per heavy atom. The fourth-order valence-electron chi connectivity index (χ4n) is 1.89. The van der Waals surface area contributed by atoms with Crippen LogP contribution in [0.25, 0.3) is 0 Å². The van der Waals surface area contributed by atoms with E-state index in [9.17, 15) is 0 Å². The maximum atomic E-state index is 6.07. The average Bonchev–Trinajstić information content (AvgIpc) is 3.10. The molecule has 2 atom stereocenters. The summed E-state index contributed by atoms with van der Waals surface area (Å²) in [6, 6.07) is -0.289. The second-order valence-electron chi connectivity index (χ2n) is 4.31. The van der Waals surface area contributed by atoms with Crippen LogP contribution in [0.4, 0.5) is 0 Å². The van der Waals surface area contributed by atoms with Crippen LogP contribution in [0.1, 0.15) is 28.7 Å². The van der Waals surface area contributed by atoms with Gasteiger partial charge >= 0.3 is 0 Å². The van der Waals surface area contributed by atoms with Crippen LogP contribution in [0.3, 0.4) is 0 Å². The topological polar surface area (TPSA) is 93.6 Å². The van der Waals surface area contributed by atoms with Crippen molar-refractivity contribution in [1.29, 1.82) is 0 Å². The zero-order chi connectivity index (χ0) is 13.1. The van der Waals surface area contributed by atoms with Crippen LogP contribution in [0, 0.1) is 0 Å². The first-order valence-corrected chi connectivity index (χ1v) is 8.29. The van der Waals surface area contributed by atoms with Crippen LogP contribution in [0.15, 0.2) is 17.0 Å². The number of nitrogens with one attached hydrogen (secondary N) is 1. The molecule has 1 fully saturated rings. The number of H-pyrrole nitrogens is 1. The Bertz CT molecular complexity index is 509. The smallest absolute Gasteiger partial charge is 0.243 e. The number of imidazole rings is 1. The van der Waals surface area contributed by atoms with Crippen molar-refractivity contribution in [2.24, 2.45) is 5.73 Å².